The van der Waals surface area contributed by atoms with E-state index in [1.54, 1.807) is 23.6 Å². The van der Waals surface area contributed by atoms with Crippen LogP contribution >= 0.6 is 11.8 Å². The van der Waals surface area contributed by atoms with Crippen molar-refractivity contribution in [2.45, 2.75) is 24.5 Å². The van der Waals surface area contributed by atoms with Crippen molar-refractivity contribution >= 4 is 11.8 Å². The summed E-state index contributed by atoms with van der Waals surface area (Å²) in [6.07, 6.45) is 1.41. The van der Waals surface area contributed by atoms with Crippen LogP contribution in [0.2, 0.25) is 0 Å². The second-order valence-corrected chi connectivity index (χ2v) is 5.14. The van der Waals surface area contributed by atoms with Gasteiger partial charge < -0.3 is 4.74 Å². The lowest BCUT2D eigenvalue weighted by atomic mass is 10.2. The van der Waals surface area contributed by atoms with Gasteiger partial charge in [0.05, 0.1) is 19.7 Å². The van der Waals surface area contributed by atoms with Crippen molar-refractivity contribution in [3.05, 3.63) is 29.8 Å². The molecule has 1 aromatic carbocycles. The highest BCUT2D eigenvalue weighted by atomic mass is 32.2. The fraction of sp³-hybridized carbons (Fsp3) is 0.385. The first-order valence-corrected chi connectivity index (χ1v) is 7.21. The van der Waals surface area contributed by atoms with Crippen LogP contribution in [0.15, 0.2) is 29.4 Å². The van der Waals surface area contributed by atoms with Gasteiger partial charge in [-0.25, -0.2) is 4.68 Å². The van der Waals surface area contributed by atoms with Gasteiger partial charge >= 0.3 is 0 Å². The van der Waals surface area contributed by atoms with Gasteiger partial charge in [-0.2, -0.15) is 5.26 Å². The van der Waals surface area contributed by atoms with Crippen LogP contribution in [0.25, 0.3) is 0 Å². The molecule has 20 heavy (non-hydrogen) atoms. The summed E-state index contributed by atoms with van der Waals surface area (Å²) in [6.45, 7) is 0.623. The van der Waals surface area contributed by atoms with E-state index in [2.05, 4.69) is 21.6 Å². The van der Waals surface area contributed by atoms with Crippen molar-refractivity contribution < 1.29 is 4.74 Å². The zero-order valence-electron chi connectivity index (χ0n) is 11.2. The maximum Gasteiger partial charge on any atom is 0.209 e. The first kappa shape index (κ1) is 14.3. The number of ether oxygens (including phenoxy) is 1. The number of hydrogen-bond donors (Lipinski definition) is 0. The summed E-state index contributed by atoms with van der Waals surface area (Å²) >= 11 is 1.57. The predicted octanol–water partition coefficient (Wildman–Crippen LogP) is 2.13. The maximum atomic E-state index is 8.50. The fourth-order valence-electron chi connectivity index (χ4n) is 1.62. The van der Waals surface area contributed by atoms with E-state index in [4.69, 9.17) is 10.00 Å². The summed E-state index contributed by atoms with van der Waals surface area (Å²) in [7, 11) is 1.65. The Morgan fingerprint density at radius 1 is 1.35 bits per heavy atom. The van der Waals surface area contributed by atoms with Gasteiger partial charge in [0, 0.05) is 12.2 Å². The van der Waals surface area contributed by atoms with Crippen LogP contribution in [0.3, 0.4) is 0 Å². The summed E-state index contributed by atoms with van der Waals surface area (Å²) in [5, 5.41) is 21.0. The van der Waals surface area contributed by atoms with Gasteiger partial charge in [-0.05, 0) is 34.5 Å². The van der Waals surface area contributed by atoms with Gasteiger partial charge in [0.15, 0.2) is 0 Å². The van der Waals surface area contributed by atoms with E-state index in [1.165, 1.54) is 0 Å². The van der Waals surface area contributed by atoms with Crippen molar-refractivity contribution in [3.63, 3.8) is 0 Å². The quantitative estimate of drug-likeness (QED) is 0.574. The van der Waals surface area contributed by atoms with Gasteiger partial charge in [-0.1, -0.05) is 23.9 Å². The number of benzene rings is 1. The highest BCUT2D eigenvalue weighted by molar-refractivity contribution is 7.99. The molecule has 0 fully saturated rings. The standard InChI is InChI=1S/C13H15N5OS/c1-19-12-6-4-11(5-7-12)10-18-13(15-16-17-18)20-9-3-2-8-14/h4-7H,2-3,9-10H2,1H3. The molecule has 6 nitrogen and oxygen atoms in total. The molecule has 7 heteroatoms. The van der Waals surface area contributed by atoms with Crippen LogP contribution in [-0.2, 0) is 6.54 Å². The van der Waals surface area contributed by atoms with E-state index in [1.807, 2.05) is 24.3 Å². The molecular formula is C13H15N5OS. The second-order valence-electron chi connectivity index (χ2n) is 4.08. The lowest BCUT2D eigenvalue weighted by Crippen LogP contribution is -2.04. The molecular weight excluding hydrogens is 274 g/mol. The molecule has 2 aromatic rings. The number of methoxy groups -OCH3 is 1. The Hall–Kier alpha value is -2.07. The molecule has 0 aliphatic heterocycles. The smallest absolute Gasteiger partial charge is 0.209 e. The maximum absolute atomic E-state index is 8.50. The van der Waals surface area contributed by atoms with Gasteiger partial charge in [-0.3, -0.25) is 0 Å². The summed E-state index contributed by atoms with van der Waals surface area (Å²) < 4.78 is 6.89. The Morgan fingerprint density at radius 3 is 2.85 bits per heavy atom. The normalized spacial score (nSPS) is 10.2. The molecule has 0 saturated heterocycles. The van der Waals surface area contributed by atoms with Crippen LogP contribution in [0.5, 0.6) is 5.75 Å². The van der Waals surface area contributed by atoms with E-state index in [9.17, 15) is 0 Å². The molecule has 104 valence electrons. The first-order valence-electron chi connectivity index (χ1n) is 6.22. The van der Waals surface area contributed by atoms with E-state index >= 15 is 0 Å². The third kappa shape index (κ3) is 3.96. The summed E-state index contributed by atoms with van der Waals surface area (Å²) in [5.41, 5.74) is 1.11. The Morgan fingerprint density at radius 2 is 2.15 bits per heavy atom. The van der Waals surface area contributed by atoms with Crippen LogP contribution in [0, 0.1) is 11.3 Å². The third-order valence-corrected chi connectivity index (χ3v) is 3.70. The van der Waals surface area contributed by atoms with Crippen LogP contribution in [-0.4, -0.2) is 33.1 Å². The molecule has 1 aromatic heterocycles. The van der Waals surface area contributed by atoms with Crippen molar-refractivity contribution in [3.8, 4) is 11.8 Å². The number of unbranched alkanes of at least 4 members (excludes halogenated alkanes) is 1. The van der Waals surface area contributed by atoms with Crippen LogP contribution in [0.1, 0.15) is 18.4 Å². The zero-order valence-corrected chi connectivity index (χ0v) is 12.0. The Kier molecular flexibility index (Phi) is 5.38. The largest absolute Gasteiger partial charge is 0.497 e. The molecule has 0 aliphatic carbocycles. The number of hydrogen-bond acceptors (Lipinski definition) is 6. The summed E-state index contributed by atoms with van der Waals surface area (Å²) in [4.78, 5) is 0. The average Bonchev–Trinajstić information content (AvgIpc) is 2.92. The average molecular weight is 289 g/mol. The number of aromatic nitrogens is 4. The van der Waals surface area contributed by atoms with E-state index < -0.39 is 0 Å². The van der Waals surface area contributed by atoms with Crippen molar-refractivity contribution in [2.24, 2.45) is 0 Å². The van der Waals surface area contributed by atoms with Crippen molar-refractivity contribution in [1.82, 2.24) is 20.2 Å². The SMILES string of the molecule is COc1ccc(Cn2nnnc2SCCCC#N)cc1. The number of nitriles is 1. The predicted molar refractivity (Wildman–Crippen MR) is 75.5 cm³/mol. The number of nitrogens with zero attached hydrogens (tertiary/aromatic N) is 5. The molecule has 2 rings (SSSR count). The molecule has 0 radical (unpaired) electrons. The first-order chi connectivity index (χ1) is 9.83. The molecule has 0 atom stereocenters. The number of thioether (sulfide) groups is 1. The molecule has 1 heterocycles. The molecule has 0 bridgehead atoms. The molecule has 0 unspecified atom stereocenters. The number of rotatable bonds is 7. The highest BCUT2D eigenvalue weighted by Crippen LogP contribution is 2.17. The molecule has 0 N–H and O–H groups in total. The summed E-state index contributed by atoms with van der Waals surface area (Å²) in [5.74, 6) is 1.67. The third-order valence-electron chi connectivity index (χ3n) is 2.65. The van der Waals surface area contributed by atoms with Crippen molar-refractivity contribution in [2.75, 3.05) is 12.9 Å². The molecule has 0 spiro atoms. The van der Waals surface area contributed by atoms with Gasteiger partial charge in [0.1, 0.15) is 5.75 Å². The molecule has 0 aliphatic rings. The number of tetrazole rings is 1. The minimum atomic E-state index is 0.563. The Labute approximate surface area is 121 Å². The lowest BCUT2D eigenvalue weighted by Gasteiger charge is -2.05. The van der Waals surface area contributed by atoms with Crippen molar-refractivity contribution in [1.29, 1.82) is 5.26 Å². The van der Waals surface area contributed by atoms with Crippen LogP contribution in [0.4, 0.5) is 0 Å². The van der Waals surface area contributed by atoms with Gasteiger partial charge in [-0.15, -0.1) is 5.10 Å². The van der Waals surface area contributed by atoms with E-state index in [0.717, 1.165) is 28.6 Å². The minimum Gasteiger partial charge on any atom is -0.497 e. The Balaban J connectivity index is 1.95. The fourth-order valence-corrected chi connectivity index (χ4v) is 2.43. The summed E-state index contributed by atoms with van der Waals surface area (Å²) in [6, 6.07) is 9.94. The van der Waals surface area contributed by atoms with Gasteiger partial charge in [0.25, 0.3) is 0 Å². The highest BCUT2D eigenvalue weighted by Gasteiger charge is 2.07. The zero-order chi connectivity index (χ0) is 14.2. The lowest BCUT2D eigenvalue weighted by molar-refractivity contribution is 0.414. The topological polar surface area (TPSA) is 76.6 Å². The molecule has 0 saturated carbocycles. The van der Waals surface area contributed by atoms with E-state index in [0.29, 0.717) is 13.0 Å². The van der Waals surface area contributed by atoms with E-state index in [-0.39, 0.29) is 0 Å². The van der Waals surface area contributed by atoms with Crippen LogP contribution < -0.4 is 4.74 Å². The monoisotopic (exact) mass is 289 g/mol. The second kappa shape index (κ2) is 7.50. The van der Waals surface area contributed by atoms with Gasteiger partial charge in [0.2, 0.25) is 5.16 Å². The molecule has 0 amide bonds. The Bertz CT molecular complexity index is 575. The minimum absolute atomic E-state index is 0.563.